The summed E-state index contributed by atoms with van der Waals surface area (Å²) in [6, 6.07) is 0. The molecule has 1 aromatic rings. The zero-order chi connectivity index (χ0) is 26.0. The number of carboxylic acid groups (broad SMARTS) is 2. The van der Waals surface area contributed by atoms with Crippen LogP contribution in [-0.4, -0.2) is 89.5 Å². The Morgan fingerprint density at radius 1 is 1.06 bits per heavy atom. The normalized spacial score (nSPS) is 13.5. The highest BCUT2D eigenvalue weighted by Gasteiger charge is 2.38. The summed E-state index contributed by atoms with van der Waals surface area (Å²) in [5, 5.41) is 14.2. The predicted octanol–water partition coefficient (Wildman–Crippen LogP) is 1.94. The van der Waals surface area contributed by atoms with E-state index in [0.717, 1.165) is 19.5 Å². The maximum Gasteiger partial charge on any atom is 0.490 e. The third kappa shape index (κ3) is 11.5. The molecular weight excluding hydrogens is 468 g/mol. The Bertz CT molecular complexity index is 790. The lowest BCUT2D eigenvalue weighted by Gasteiger charge is -2.29. The van der Waals surface area contributed by atoms with Crippen LogP contribution < -0.4 is 0 Å². The SMILES string of the molecule is COCc1cncc2c1CCN(CC(=O)N(C)C)C2.O=C(O)C(F)(F)F.O=C(O)C(F)(F)F. The van der Waals surface area contributed by atoms with Crippen molar-refractivity contribution < 1.29 is 55.7 Å². The number of fused-ring (bicyclic) bond motifs is 1. The van der Waals surface area contributed by atoms with E-state index >= 15 is 0 Å². The standard InChI is InChI=1S/C14H21N3O2.2C2HF3O2/c1-16(2)14(18)9-17-5-4-13-11(8-17)6-15-7-12(13)10-19-3;2*3-2(4,5)1(6)7/h6-7H,4-5,8-10H2,1-3H3;2*(H,6,7). The summed E-state index contributed by atoms with van der Waals surface area (Å²) < 4.78 is 68.7. The molecule has 1 amide bonds. The monoisotopic (exact) mass is 491 g/mol. The lowest BCUT2D eigenvalue weighted by molar-refractivity contribution is -0.193. The van der Waals surface area contributed by atoms with Crippen LogP contribution in [0.25, 0.3) is 0 Å². The summed E-state index contributed by atoms with van der Waals surface area (Å²) in [5.74, 6) is -5.37. The molecule has 2 N–H and O–H groups in total. The summed E-state index contributed by atoms with van der Waals surface area (Å²) in [6.45, 7) is 2.78. The van der Waals surface area contributed by atoms with Crippen molar-refractivity contribution in [2.75, 3.05) is 34.3 Å². The van der Waals surface area contributed by atoms with Crippen molar-refractivity contribution in [3.8, 4) is 0 Å². The highest BCUT2D eigenvalue weighted by molar-refractivity contribution is 5.77. The molecule has 9 nitrogen and oxygen atoms in total. The van der Waals surface area contributed by atoms with Gasteiger partial charge < -0.3 is 19.8 Å². The Morgan fingerprint density at radius 3 is 1.94 bits per heavy atom. The maximum atomic E-state index is 11.7. The summed E-state index contributed by atoms with van der Waals surface area (Å²) in [6.07, 6.45) is -5.43. The van der Waals surface area contributed by atoms with E-state index in [0.29, 0.717) is 13.2 Å². The van der Waals surface area contributed by atoms with E-state index in [1.165, 1.54) is 16.7 Å². The minimum absolute atomic E-state index is 0.143. The van der Waals surface area contributed by atoms with E-state index in [2.05, 4.69) is 9.88 Å². The second kappa shape index (κ2) is 12.9. The Hall–Kier alpha value is -2.94. The topological polar surface area (TPSA) is 120 Å². The summed E-state index contributed by atoms with van der Waals surface area (Å²) in [5.41, 5.74) is 3.72. The number of aliphatic carboxylic acids is 2. The number of hydrogen-bond donors (Lipinski definition) is 2. The van der Waals surface area contributed by atoms with Crippen molar-refractivity contribution in [2.45, 2.75) is 31.9 Å². The van der Waals surface area contributed by atoms with Gasteiger partial charge in [-0.15, -0.1) is 0 Å². The fourth-order valence-corrected chi connectivity index (χ4v) is 2.37. The number of ether oxygens (including phenoxy) is 1. The second-order valence-electron chi connectivity index (χ2n) is 6.72. The van der Waals surface area contributed by atoms with Crippen LogP contribution in [0, 0.1) is 0 Å². The van der Waals surface area contributed by atoms with Crippen molar-refractivity contribution in [3.05, 3.63) is 29.1 Å². The number of carbonyl (C=O) groups excluding carboxylic acids is 1. The number of amides is 1. The lowest BCUT2D eigenvalue weighted by atomic mass is 9.97. The van der Waals surface area contributed by atoms with Gasteiger partial charge in [-0.2, -0.15) is 26.3 Å². The molecule has 15 heteroatoms. The quantitative estimate of drug-likeness (QED) is 0.614. The van der Waals surface area contributed by atoms with Gasteiger partial charge in [-0.25, -0.2) is 9.59 Å². The van der Waals surface area contributed by atoms with Crippen molar-refractivity contribution in [1.82, 2.24) is 14.8 Å². The first-order chi connectivity index (χ1) is 15.0. The summed E-state index contributed by atoms with van der Waals surface area (Å²) >= 11 is 0. The van der Waals surface area contributed by atoms with Gasteiger partial charge in [-0.05, 0) is 23.1 Å². The van der Waals surface area contributed by atoms with Gasteiger partial charge >= 0.3 is 24.3 Å². The van der Waals surface area contributed by atoms with E-state index in [1.54, 1.807) is 26.1 Å². The van der Waals surface area contributed by atoms with E-state index < -0.39 is 24.3 Å². The minimum Gasteiger partial charge on any atom is -0.475 e. The molecule has 0 spiro atoms. The molecule has 0 saturated heterocycles. The molecule has 1 aromatic heterocycles. The Labute approximate surface area is 184 Å². The highest BCUT2D eigenvalue weighted by Crippen LogP contribution is 2.22. The third-order valence-corrected chi connectivity index (χ3v) is 3.95. The fourth-order valence-electron chi connectivity index (χ4n) is 2.37. The Kier molecular flexibility index (Phi) is 11.8. The van der Waals surface area contributed by atoms with Crippen LogP contribution in [0.2, 0.25) is 0 Å². The van der Waals surface area contributed by atoms with E-state index in [-0.39, 0.29) is 5.91 Å². The van der Waals surface area contributed by atoms with Gasteiger partial charge in [0, 0.05) is 46.7 Å². The zero-order valence-electron chi connectivity index (χ0n) is 17.8. The molecule has 1 aliphatic rings. The number of carbonyl (C=O) groups is 3. The molecule has 0 atom stereocenters. The smallest absolute Gasteiger partial charge is 0.475 e. The van der Waals surface area contributed by atoms with Crippen LogP contribution in [0.5, 0.6) is 0 Å². The van der Waals surface area contributed by atoms with Crippen molar-refractivity contribution >= 4 is 17.8 Å². The molecule has 2 heterocycles. The number of hydrogen-bond acceptors (Lipinski definition) is 6. The fraction of sp³-hybridized carbons (Fsp3) is 0.556. The average molecular weight is 491 g/mol. The van der Waals surface area contributed by atoms with Crippen molar-refractivity contribution in [3.63, 3.8) is 0 Å². The summed E-state index contributed by atoms with van der Waals surface area (Å²) in [7, 11) is 5.28. The van der Waals surface area contributed by atoms with E-state index in [4.69, 9.17) is 24.5 Å². The maximum absolute atomic E-state index is 11.7. The van der Waals surface area contributed by atoms with Gasteiger partial charge in [-0.3, -0.25) is 14.7 Å². The van der Waals surface area contributed by atoms with Gasteiger partial charge in [0.05, 0.1) is 13.2 Å². The summed E-state index contributed by atoms with van der Waals surface area (Å²) in [4.78, 5) is 37.6. The number of rotatable bonds is 4. The number of nitrogens with zero attached hydrogens (tertiary/aromatic N) is 3. The number of likely N-dealkylation sites (N-methyl/N-ethyl adjacent to an activating group) is 1. The highest BCUT2D eigenvalue weighted by atomic mass is 19.4. The molecule has 0 bridgehead atoms. The average Bonchev–Trinajstić information content (AvgIpc) is 2.67. The molecule has 1 aliphatic heterocycles. The molecule has 33 heavy (non-hydrogen) atoms. The molecule has 0 saturated carbocycles. The predicted molar refractivity (Wildman–Crippen MR) is 100 cm³/mol. The number of methoxy groups -OCH3 is 1. The van der Waals surface area contributed by atoms with E-state index in [1.807, 2.05) is 12.4 Å². The number of halogens is 6. The van der Waals surface area contributed by atoms with Gasteiger partial charge in [-0.1, -0.05) is 0 Å². The van der Waals surface area contributed by atoms with E-state index in [9.17, 15) is 31.1 Å². The zero-order valence-corrected chi connectivity index (χ0v) is 17.8. The van der Waals surface area contributed by atoms with Crippen LogP contribution in [0.3, 0.4) is 0 Å². The van der Waals surface area contributed by atoms with Gasteiger partial charge in [0.15, 0.2) is 0 Å². The lowest BCUT2D eigenvalue weighted by Crippen LogP contribution is -2.39. The van der Waals surface area contributed by atoms with Crippen LogP contribution in [0.4, 0.5) is 26.3 Å². The minimum atomic E-state index is -5.08. The van der Waals surface area contributed by atoms with Gasteiger partial charge in [0.1, 0.15) is 0 Å². The molecule has 0 unspecified atom stereocenters. The van der Waals surface area contributed by atoms with Gasteiger partial charge in [0.2, 0.25) is 5.91 Å². The first kappa shape index (κ1) is 30.1. The molecule has 0 aromatic carbocycles. The van der Waals surface area contributed by atoms with Crippen LogP contribution in [0.15, 0.2) is 12.4 Å². The van der Waals surface area contributed by atoms with Crippen LogP contribution in [-0.2, 0) is 38.7 Å². The van der Waals surface area contributed by atoms with Crippen molar-refractivity contribution in [1.29, 1.82) is 0 Å². The molecular formula is C18H23F6N3O6. The van der Waals surface area contributed by atoms with Crippen molar-refractivity contribution in [2.24, 2.45) is 0 Å². The first-order valence-corrected chi connectivity index (χ1v) is 8.97. The first-order valence-electron chi connectivity index (χ1n) is 8.97. The number of pyridine rings is 1. The molecule has 2 rings (SSSR count). The largest absolute Gasteiger partial charge is 0.490 e. The number of alkyl halides is 6. The number of aromatic nitrogens is 1. The number of carboxylic acids is 2. The molecule has 0 fully saturated rings. The van der Waals surface area contributed by atoms with Crippen LogP contribution in [0.1, 0.15) is 16.7 Å². The second-order valence-corrected chi connectivity index (χ2v) is 6.72. The molecule has 188 valence electrons. The Balaban J connectivity index is 0.000000605. The Morgan fingerprint density at radius 2 is 1.55 bits per heavy atom. The molecule has 0 aliphatic carbocycles. The molecule has 0 radical (unpaired) electrons. The van der Waals surface area contributed by atoms with Crippen LogP contribution >= 0.6 is 0 Å². The third-order valence-electron chi connectivity index (χ3n) is 3.95. The van der Waals surface area contributed by atoms with Gasteiger partial charge in [0.25, 0.3) is 0 Å².